The lowest BCUT2D eigenvalue weighted by atomic mass is 10.2. The van der Waals surface area contributed by atoms with Gasteiger partial charge >= 0.3 is 0 Å². The first-order chi connectivity index (χ1) is 9.06. The molecule has 0 atom stereocenters. The van der Waals surface area contributed by atoms with E-state index in [4.69, 9.17) is 17.3 Å². The van der Waals surface area contributed by atoms with Crippen molar-refractivity contribution in [2.45, 2.75) is 0 Å². The monoisotopic (exact) mass is 339 g/mol. The van der Waals surface area contributed by atoms with Crippen molar-refractivity contribution in [2.24, 2.45) is 0 Å². The lowest BCUT2D eigenvalue weighted by Gasteiger charge is -2.08. The number of nitrogens with zero attached hydrogens (tertiary/aromatic N) is 2. The molecule has 2 aromatic carbocycles. The van der Waals surface area contributed by atoms with E-state index >= 15 is 0 Å². The smallest absolute Gasteiger partial charge is 0.206 e. The second kappa shape index (κ2) is 4.51. The number of hydrogen-bond donors (Lipinski definition) is 1. The summed E-state index contributed by atoms with van der Waals surface area (Å²) in [5.41, 5.74) is 7.63. The van der Waals surface area contributed by atoms with Crippen molar-refractivity contribution in [3.63, 3.8) is 0 Å². The molecule has 0 unspecified atom stereocenters. The number of imidazole rings is 1. The van der Waals surface area contributed by atoms with E-state index < -0.39 is 5.82 Å². The highest BCUT2D eigenvalue weighted by Gasteiger charge is 2.13. The number of nitrogen functional groups attached to an aromatic ring is 1. The van der Waals surface area contributed by atoms with Crippen LogP contribution >= 0.6 is 27.5 Å². The summed E-state index contributed by atoms with van der Waals surface area (Å²) in [7, 11) is 0. The minimum atomic E-state index is -0.446. The highest BCUT2D eigenvalue weighted by molar-refractivity contribution is 9.10. The maximum Gasteiger partial charge on any atom is 0.206 e. The number of hydrogen-bond acceptors (Lipinski definition) is 2. The molecule has 3 aromatic rings. The van der Waals surface area contributed by atoms with Crippen LogP contribution in [-0.2, 0) is 0 Å². The van der Waals surface area contributed by atoms with Crippen molar-refractivity contribution in [2.75, 3.05) is 5.73 Å². The van der Waals surface area contributed by atoms with E-state index in [-0.39, 0.29) is 5.95 Å². The van der Waals surface area contributed by atoms with Gasteiger partial charge in [-0.1, -0.05) is 27.5 Å². The predicted molar refractivity (Wildman–Crippen MR) is 78.2 cm³/mol. The highest BCUT2D eigenvalue weighted by Crippen LogP contribution is 2.28. The fourth-order valence-electron chi connectivity index (χ4n) is 1.98. The molecule has 0 spiro atoms. The highest BCUT2D eigenvalue weighted by atomic mass is 79.9. The maximum absolute atomic E-state index is 14.0. The van der Waals surface area contributed by atoms with E-state index in [2.05, 4.69) is 20.9 Å². The molecule has 19 heavy (non-hydrogen) atoms. The molecule has 0 bridgehead atoms. The van der Waals surface area contributed by atoms with Gasteiger partial charge in [0.2, 0.25) is 5.95 Å². The molecular weight excluding hydrogens is 333 g/mol. The van der Waals surface area contributed by atoms with Crippen LogP contribution < -0.4 is 5.73 Å². The van der Waals surface area contributed by atoms with Crippen molar-refractivity contribution in [1.82, 2.24) is 9.55 Å². The van der Waals surface area contributed by atoms with Gasteiger partial charge in [-0.15, -0.1) is 0 Å². The summed E-state index contributed by atoms with van der Waals surface area (Å²) in [5, 5.41) is 0.338. The molecule has 1 aromatic heterocycles. The lowest BCUT2D eigenvalue weighted by Crippen LogP contribution is -2.02. The van der Waals surface area contributed by atoms with Crippen LogP contribution in [0.3, 0.4) is 0 Å². The second-order valence-corrected chi connectivity index (χ2v) is 5.39. The Morgan fingerprint density at radius 2 is 2.00 bits per heavy atom. The van der Waals surface area contributed by atoms with Crippen molar-refractivity contribution >= 4 is 44.5 Å². The first-order valence-corrected chi connectivity index (χ1v) is 6.62. The molecule has 0 saturated carbocycles. The van der Waals surface area contributed by atoms with Gasteiger partial charge in [0.1, 0.15) is 5.82 Å². The van der Waals surface area contributed by atoms with Crippen molar-refractivity contribution < 1.29 is 4.39 Å². The average molecular weight is 341 g/mol. The van der Waals surface area contributed by atoms with E-state index in [0.29, 0.717) is 16.2 Å². The van der Waals surface area contributed by atoms with Crippen LogP contribution in [0, 0.1) is 5.82 Å². The van der Waals surface area contributed by atoms with Crippen LogP contribution in [0.4, 0.5) is 10.3 Å². The summed E-state index contributed by atoms with van der Waals surface area (Å²) in [6.45, 7) is 0. The van der Waals surface area contributed by atoms with Crippen LogP contribution in [0.1, 0.15) is 0 Å². The summed E-state index contributed by atoms with van der Waals surface area (Å²) in [4.78, 5) is 4.21. The van der Waals surface area contributed by atoms with Crippen molar-refractivity contribution in [3.05, 3.63) is 51.7 Å². The van der Waals surface area contributed by atoms with E-state index in [1.54, 1.807) is 16.7 Å². The van der Waals surface area contributed by atoms with Crippen LogP contribution in [-0.4, -0.2) is 9.55 Å². The number of aromatic nitrogens is 2. The van der Waals surface area contributed by atoms with Gasteiger partial charge in [0, 0.05) is 9.50 Å². The minimum Gasteiger partial charge on any atom is -0.369 e. The Kier molecular flexibility index (Phi) is 2.95. The fourth-order valence-corrected chi connectivity index (χ4v) is 2.49. The number of rotatable bonds is 1. The van der Waals surface area contributed by atoms with Crippen LogP contribution in [0.2, 0.25) is 5.02 Å². The van der Waals surface area contributed by atoms with E-state index in [0.717, 1.165) is 9.99 Å². The molecule has 1 heterocycles. The first-order valence-electron chi connectivity index (χ1n) is 5.45. The van der Waals surface area contributed by atoms with Gasteiger partial charge in [0.15, 0.2) is 0 Å². The Hall–Kier alpha value is -1.59. The Morgan fingerprint density at radius 1 is 1.21 bits per heavy atom. The molecule has 2 N–H and O–H groups in total. The molecule has 0 radical (unpaired) electrons. The summed E-state index contributed by atoms with van der Waals surface area (Å²) in [6, 6.07) is 9.96. The molecule has 0 aliphatic heterocycles. The normalized spacial score (nSPS) is 11.1. The standard InChI is InChI=1S/C13H8BrClFN3/c14-7-1-3-10-12(5-7)19(13(17)18-10)11-4-2-8(15)6-9(11)16/h1-6H,(H2,17,18). The molecule has 6 heteroatoms. The van der Waals surface area contributed by atoms with Crippen LogP contribution in [0.15, 0.2) is 40.9 Å². The van der Waals surface area contributed by atoms with Gasteiger partial charge in [-0.25, -0.2) is 9.37 Å². The molecular formula is C13H8BrClFN3. The Balaban J connectivity index is 2.35. The summed E-state index contributed by atoms with van der Waals surface area (Å²) < 4.78 is 16.5. The molecule has 0 aliphatic rings. The van der Waals surface area contributed by atoms with Crippen molar-refractivity contribution in [3.8, 4) is 5.69 Å². The lowest BCUT2D eigenvalue weighted by molar-refractivity contribution is 0.620. The molecule has 0 fully saturated rings. The average Bonchev–Trinajstić information content (AvgIpc) is 2.65. The third-order valence-electron chi connectivity index (χ3n) is 2.79. The molecule has 96 valence electrons. The quantitative estimate of drug-likeness (QED) is 0.723. The first kappa shape index (κ1) is 12.4. The summed E-state index contributed by atoms with van der Waals surface area (Å²) in [6.07, 6.45) is 0. The van der Waals surface area contributed by atoms with Crippen LogP contribution in [0.25, 0.3) is 16.7 Å². The zero-order valence-corrected chi connectivity index (χ0v) is 11.9. The van der Waals surface area contributed by atoms with Gasteiger partial charge in [-0.05, 0) is 36.4 Å². The largest absolute Gasteiger partial charge is 0.369 e. The van der Waals surface area contributed by atoms with E-state index in [1.807, 2.05) is 18.2 Å². The maximum atomic E-state index is 14.0. The number of anilines is 1. The number of benzene rings is 2. The van der Waals surface area contributed by atoms with Gasteiger partial charge in [0.25, 0.3) is 0 Å². The third-order valence-corrected chi connectivity index (χ3v) is 3.52. The van der Waals surface area contributed by atoms with Gasteiger partial charge in [-0.3, -0.25) is 4.57 Å². The minimum absolute atomic E-state index is 0.231. The molecule has 3 nitrogen and oxygen atoms in total. The molecule has 0 saturated heterocycles. The molecule has 0 aliphatic carbocycles. The third kappa shape index (κ3) is 2.09. The molecule has 3 rings (SSSR count). The number of nitrogens with two attached hydrogens (primary N) is 1. The van der Waals surface area contributed by atoms with E-state index in [1.165, 1.54) is 6.07 Å². The number of fused-ring (bicyclic) bond motifs is 1. The summed E-state index contributed by atoms with van der Waals surface area (Å²) >= 11 is 9.14. The molecule has 0 amide bonds. The summed E-state index contributed by atoms with van der Waals surface area (Å²) in [5.74, 6) is -0.215. The second-order valence-electron chi connectivity index (χ2n) is 4.03. The SMILES string of the molecule is Nc1nc2ccc(Br)cc2n1-c1ccc(Cl)cc1F. The fraction of sp³-hybridized carbons (Fsp3) is 0. The zero-order valence-electron chi connectivity index (χ0n) is 9.57. The number of halogens is 3. The zero-order chi connectivity index (χ0) is 13.6. The van der Waals surface area contributed by atoms with Gasteiger partial charge < -0.3 is 5.73 Å². The van der Waals surface area contributed by atoms with Crippen molar-refractivity contribution in [1.29, 1.82) is 0 Å². The van der Waals surface area contributed by atoms with Gasteiger partial charge in [-0.2, -0.15) is 0 Å². The Labute approximate surface area is 121 Å². The predicted octanol–water partition coefficient (Wildman–Crippen LogP) is 4.16. The van der Waals surface area contributed by atoms with Crippen LogP contribution in [0.5, 0.6) is 0 Å². The topological polar surface area (TPSA) is 43.8 Å². The van der Waals surface area contributed by atoms with E-state index in [9.17, 15) is 4.39 Å². The Morgan fingerprint density at radius 3 is 2.74 bits per heavy atom. The van der Waals surface area contributed by atoms with Gasteiger partial charge in [0.05, 0.1) is 16.7 Å². The Bertz CT molecular complexity index is 785.